The van der Waals surface area contributed by atoms with Gasteiger partial charge in [0.2, 0.25) is 15.4 Å². The zero-order valence-corrected chi connectivity index (χ0v) is 64.7. The fraction of sp³-hybridized carbons (Fsp3) is 0.400. The Morgan fingerprint density at radius 3 is 1.23 bits per heavy atom. The number of likely N-dealkylation sites (tertiary alicyclic amines) is 3. The molecular formula is C75H79F6N15O8S6. The van der Waals surface area contributed by atoms with Crippen molar-refractivity contribution >= 4 is 80.1 Å². The molecule has 10 aromatic rings. The van der Waals surface area contributed by atoms with Gasteiger partial charge in [-0.2, -0.15) is 13.1 Å². The van der Waals surface area contributed by atoms with Crippen molar-refractivity contribution in [3.63, 3.8) is 0 Å². The number of sulfonamides is 3. The van der Waals surface area contributed by atoms with Crippen LogP contribution >= 0.6 is 34.6 Å². The Bertz CT molecular complexity index is 4970. The first-order valence-electron chi connectivity index (χ1n) is 36.1. The number of piperidine rings is 3. The first-order chi connectivity index (χ1) is 52.9. The number of nitrogens with zero attached hydrogens (tertiary/aromatic N) is 13. The highest BCUT2D eigenvalue weighted by molar-refractivity contribution is 7.93. The average molecular weight is 1620 g/mol. The molecule has 3 saturated heterocycles. The number of pyridine rings is 3. The standard InChI is InChI=1S/C31H33F2N5O4S2.2C22H23F2N5O2S2/c1-41-23-9-8-22(29(16-23)42-2)19-38(30-35-20-36-43-30)44(39,40)24-10-11-25-26(17-24)31(32,33)13-12-28(25)37-15-4-3-7-27(37)21-6-5-14-34-18-21;2*23-22(24)9-8-20(29-11-2-1-5-19(29)15-4-3-10-25-13-15)17-7-6-16(12-18(17)22)33(30,31)28-21-26-14-27-32-21/h5-6,8-11,14,16-18,20,27-28H,3-4,7,12-13,15,19H2,1-2H3;2*3-4,6-7,10,12-14,19-20H,1-2,5,8-9,11H2,(H,26,27,28)/t27-,28?;19-,20+;19-,20-/m000/s1. The highest BCUT2D eigenvalue weighted by Gasteiger charge is 2.49. The Kier molecular flexibility index (Phi) is 23.4. The number of fused-ring (bicyclic) bond motifs is 3. The number of rotatable bonds is 19. The number of aromatic nitrogens is 9. The fourth-order valence-electron chi connectivity index (χ4n) is 16.1. The number of ether oxygens (including phenoxy) is 2. The summed E-state index contributed by atoms with van der Waals surface area (Å²) >= 11 is 2.66. The Balaban J connectivity index is 0.000000140. The lowest BCUT2D eigenvalue weighted by Crippen LogP contribution is -2.40. The summed E-state index contributed by atoms with van der Waals surface area (Å²) in [6, 6.07) is 28.7. The van der Waals surface area contributed by atoms with Crippen molar-refractivity contribution in [1.82, 2.24) is 57.7 Å². The van der Waals surface area contributed by atoms with Crippen molar-refractivity contribution in [2.45, 2.75) is 172 Å². The van der Waals surface area contributed by atoms with Gasteiger partial charge in [0.25, 0.3) is 47.8 Å². The number of benzene rings is 4. The topological polar surface area (TPSA) is 274 Å². The van der Waals surface area contributed by atoms with Crippen LogP contribution < -0.4 is 23.2 Å². The summed E-state index contributed by atoms with van der Waals surface area (Å²) < 4.78 is 199. The minimum atomic E-state index is -4.34. The number of hydrogen-bond donors (Lipinski definition) is 2. The molecule has 23 nitrogen and oxygen atoms in total. The van der Waals surface area contributed by atoms with E-state index >= 15 is 26.3 Å². The van der Waals surface area contributed by atoms with Gasteiger partial charge in [-0.25, -0.2) is 70.9 Å². The van der Waals surface area contributed by atoms with Gasteiger partial charge in [0.05, 0.1) is 35.5 Å². The number of alkyl halides is 6. The maximum Gasteiger partial charge on any atom is 0.273 e. The monoisotopic (exact) mass is 1620 g/mol. The first-order valence-corrected chi connectivity index (χ1v) is 42.8. The summed E-state index contributed by atoms with van der Waals surface area (Å²) in [5.74, 6) is -8.41. The molecule has 110 heavy (non-hydrogen) atoms. The van der Waals surface area contributed by atoms with Crippen LogP contribution in [0.3, 0.4) is 0 Å². The van der Waals surface area contributed by atoms with Gasteiger partial charge in [0.1, 0.15) is 30.5 Å². The third kappa shape index (κ3) is 16.8. The molecule has 2 N–H and O–H groups in total. The molecule has 4 aromatic carbocycles. The van der Waals surface area contributed by atoms with E-state index in [1.165, 1.54) is 51.4 Å². The molecule has 580 valence electrons. The summed E-state index contributed by atoms with van der Waals surface area (Å²) in [5.41, 5.74) is 4.56. The summed E-state index contributed by atoms with van der Waals surface area (Å²) in [4.78, 5) is 30.8. The first kappa shape index (κ1) is 78.0. The van der Waals surface area contributed by atoms with Gasteiger partial charge in [-0.05, 0) is 178 Å². The van der Waals surface area contributed by atoms with Crippen molar-refractivity contribution < 1.29 is 61.1 Å². The molecule has 3 aliphatic carbocycles. The van der Waals surface area contributed by atoms with Crippen molar-refractivity contribution in [3.05, 3.63) is 221 Å². The van der Waals surface area contributed by atoms with E-state index in [1.807, 2.05) is 55.0 Å². The highest BCUT2D eigenvalue weighted by atomic mass is 32.2. The van der Waals surface area contributed by atoms with Crippen LogP contribution in [0, 0.1) is 0 Å². The Morgan fingerprint density at radius 1 is 0.464 bits per heavy atom. The maximum absolute atomic E-state index is 15.6. The summed E-state index contributed by atoms with van der Waals surface area (Å²) in [6.07, 6.45) is 23.2. The highest BCUT2D eigenvalue weighted by Crippen LogP contribution is 2.54. The number of hydrogen-bond acceptors (Lipinski definition) is 23. The molecule has 1 unspecified atom stereocenters. The van der Waals surface area contributed by atoms with Crippen LogP contribution in [-0.2, 0) is 54.4 Å². The molecule has 0 radical (unpaired) electrons. The molecule has 35 heteroatoms. The predicted octanol–water partition coefficient (Wildman–Crippen LogP) is 16.3. The number of methoxy groups -OCH3 is 2. The van der Waals surface area contributed by atoms with Gasteiger partial charge >= 0.3 is 0 Å². The van der Waals surface area contributed by atoms with E-state index in [1.54, 1.807) is 55.0 Å². The lowest BCUT2D eigenvalue weighted by molar-refractivity contribution is -0.0426. The van der Waals surface area contributed by atoms with Gasteiger partial charge in [-0.1, -0.05) is 55.7 Å². The van der Waals surface area contributed by atoms with Crippen molar-refractivity contribution in [2.75, 3.05) is 47.6 Å². The molecule has 0 saturated carbocycles. The summed E-state index contributed by atoms with van der Waals surface area (Å²) in [6.45, 7) is 2.22. The molecular weight excluding hydrogens is 1550 g/mol. The fourth-order valence-corrected chi connectivity index (χ4v) is 21.7. The van der Waals surface area contributed by atoms with E-state index in [4.69, 9.17) is 9.47 Å². The van der Waals surface area contributed by atoms with E-state index in [2.05, 4.69) is 67.2 Å². The van der Waals surface area contributed by atoms with Gasteiger partial charge in [0.15, 0.2) is 0 Å². The van der Waals surface area contributed by atoms with Crippen molar-refractivity contribution in [3.8, 4) is 11.5 Å². The van der Waals surface area contributed by atoms with Crippen LogP contribution in [0.2, 0.25) is 0 Å². The van der Waals surface area contributed by atoms with Crippen molar-refractivity contribution in [2.24, 2.45) is 0 Å². The zero-order valence-electron chi connectivity index (χ0n) is 59.8. The molecule has 0 spiro atoms. The SMILES string of the molecule is COc1ccc(CN(c2ncns2)S(=O)(=O)c2ccc3c(c2)C(F)(F)CCC3N2CCCC[C@H]2c2cccnc2)c(OC)c1.O=S(=O)(Nc1ncns1)c1ccc2c(c1)C(F)(F)CC[C@@H]2N1CCCC[C@H]1c1cccnc1.O=S(=O)(Nc1ncns1)c1ccc2c(c1)C(F)(F)CC[C@H]2N1CCCC[C@H]1c1cccnc1. The minimum absolute atomic E-state index is 0.0535. The molecule has 3 fully saturated rings. The Labute approximate surface area is 646 Å². The van der Waals surface area contributed by atoms with Gasteiger partial charge in [0, 0.05) is 156 Å². The normalized spacial score (nSPS) is 21.9. The molecule has 16 rings (SSSR count). The van der Waals surface area contributed by atoms with E-state index in [0.717, 1.165) is 151 Å². The van der Waals surface area contributed by atoms with Crippen molar-refractivity contribution in [1.29, 1.82) is 0 Å². The van der Waals surface area contributed by atoms with E-state index < -0.39 is 47.8 Å². The smallest absolute Gasteiger partial charge is 0.273 e. The molecule has 6 atom stereocenters. The second-order valence-corrected chi connectivity index (χ2v) is 35.3. The maximum atomic E-state index is 15.6. The number of nitrogens with one attached hydrogen (secondary N) is 2. The number of anilines is 3. The largest absolute Gasteiger partial charge is 0.497 e. The summed E-state index contributed by atoms with van der Waals surface area (Å²) in [7, 11) is -9.47. The molecule has 0 amide bonds. The number of halogens is 6. The third-order valence-corrected chi connectivity index (χ3v) is 27.9. The molecule has 0 bridgehead atoms. The second-order valence-electron chi connectivity index (χ2n) is 27.7. The molecule has 6 aliphatic rings. The van der Waals surface area contributed by atoms with Gasteiger partial charge in [-0.15, -0.1) is 0 Å². The second kappa shape index (κ2) is 32.9. The zero-order chi connectivity index (χ0) is 77.0. The van der Waals surface area contributed by atoms with E-state index in [0.29, 0.717) is 46.6 Å². The van der Waals surface area contributed by atoms with Gasteiger partial charge in [-0.3, -0.25) is 39.1 Å². The quantitative estimate of drug-likeness (QED) is 0.0712. The van der Waals surface area contributed by atoms with Crippen LogP contribution in [0.15, 0.2) is 180 Å². The van der Waals surface area contributed by atoms with Crippen LogP contribution in [-0.4, -0.2) is 117 Å². The van der Waals surface area contributed by atoms with Crippen LogP contribution in [0.4, 0.5) is 41.7 Å². The average Bonchev–Trinajstić information content (AvgIpc) is 0.762. The lowest BCUT2D eigenvalue weighted by atomic mass is 9.82. The van der Waals surface area contributed by atoms with E-state index in [-0.39, 0.29) is 115 Å². The van der Waals surface area contributed by atoms with Crippen LogP contribution in [0.25, 0.3) is 0 Å². The Hall–Kier alpha value is -8.68. The van der Waals surface area contributed by atoms with Crippen LogP contribution in [0.5, 0.6) is 11.5 Å². The van der Waals surface area contributed by atoms with E-state index in [9.17, 15) is 25.3 Å². The predicted molar refractivity (Wildman–Crippen MR) is 404 cm³/mol. The lowest BCUT2D eigenvalue weighted by Gasteiger charge is -2.45. The summed E-state index contributed by atoms with van der Waals surface area (Å²) in [5, 5.41) is 0.285. The minimum Gasteiger partial charge on any atom is -0.497 e. The van der Waals surface area contributed by atoms with Gasteiger partial charge < -0.3 is 9.47 Å². The van der Waals surface area contributed by atoms with Crippen LogP contribution in [0.1, 0.15) is 188 Å². The molecule has 6 aromatic heterocycles. The third-order valence-electron chi connectivity index (χ3n) is 21.3. The molecule has 3 aliphatic heterocycles. The Morgan fingerprint density at radius 2 is 0.864 bits per heavy atom. The molecule has 9 heterocycles.